The topological polar surface area (TPSA) is 88.7 Å². The van der Waals surface area contributed by atoms with Crippen LogP contribution in [0.4, 0.5) is 16.2 Å². The third kappa shape index (κ3) is 5.31. The number of hydrogen-bond donors (Lipinski definition) is 3. The largest absolute Gasteiger partial charge is 0.453 e. The molecule has 0 aromatic heterocycles. The number of anilines is 2. The molecular weight excluding hydrogens is 304 g/mol. The molecule has 1 amide bonds. The molecule has 0 atom stereocenters. The monoisotopic (exact) mass is 326 g/mol. The molecule has 0 aliphatic carbocycles. The second-order valence-corrected chi connectivity index (χ2v) is 5.19. The number of aryl methyl sites for hydroxylation is 1. The number of amides is 1. The van der Waals surface area contributed by atoms with Gasteiger partial charge >= 0.3 is 6.09 Å². The average Bonchev–Trinajstić information content (AvgIpc) is 2.61. The van der Waals surface area contributed by atoms with Crippen molar-refractivity contribution in [3.05, 3.63) is 59.7 Å². The van der Waals surface area contributed by atoms with E-state index in [9.17, 15) is 4.79 Å². The molecule has 0 fully saturated rings. The minimum atomic E-state index is -0.497. The van der Waals surface area contributed by atoms with Gasteiger partial charge in [-0.1, -0.05) is 31.2 Å². The van der Waals surface area contributed by atoms with Gasteiger partial charge in [0.1, 0.15) is 0 Å². The fraction of sp³-hybridized carbons (Fsp3) is 0.222. The predicted octanol–water partition coefficient (Wildman–Crippen LogP) is 3.35. The summed E-state index contributed by atoms with van der Waals surface area (Å²) in [6.45, 7) is 2.56. The standard InChI is InChI=1S/C18H22N4O2/c1-3-13-4-8-15(9-5-13)21-17(19)20-12-14-6-10-16(11-7-14)22-18(23)24-2/h4-11H,3,12H2,1-2H3,(H,22,23)(H3,19,20,21). The quantitative estimate of drug-likeness (QED) is 0.580. The number of hydrogen-bond acceptors (Lipinski definition) is 3. The Morgan fingerprint density at radius 2 is 1.54 bits per heavy atom. The number of guanidine groups is 1. The molecule has 0 saturated heterocycles. The van der Waals surface area contributed by atoms with Gasteiger partial charge in [-0.2, -0.15) is 0 Å². The first-order valence-electron chi connectivity index (χ1n) is 7.70. The Hall–Kier alpha value is -3.02. The van der Waals surface area contributed by atoms with Crippen molar-refractivity contribution in [2.24, 2.45) is 10.7 Å². The molecule has 2 rings (SSSR count). The maximum atomic E-state index is 11.1. The second-order valence-electron chi connectivity index (χ2n) is 5.19. The molecule has 0 aliphatic heterocycles. The van der Waals surface area contributed by atoms with Gasteiger partial charge in [0.15, 0.2) is 5.96 Å². The number of rotatable bonds is 5. The molecule has 4 N–H and O–H groups in total. The van der Waals surface area contributed by atoms with Crippen molar-refractivity contribution in [1.29, 1.82) is 0 Å². The van der Waals surface area contributed by atoms with Crippen LogP contribution in [-0.2, 0) is 17.7 Å². The molecule has 0 unspecified atom stereocenters. The summed E-state index contributed by atoms with van der Waals surface area (Å²) < 4.78 is 4.54. The lowest BCUT2D eigenvalue weighted by Crippen LogP contribution is -2.22. The van der Waals surface area contributed by atoms with Crippen molar-refractivity contribution < 1.29 is 9.53 Å². The first-order valence-corrected chi connectivity index (χ1v) is 7.70. The highest BCUT2D eigenvalue weighted by atomic mass is 16.5. The van der Waals surface area contributed by atoms with E-state index in [1.165, 1.54) is 12.7 Å². The number of carbonyl (C=O) groups is 1. The van der Waals surface area contributed by atoms with Gasteiger partial charge in [-0.3, -0.25) is 5.32 Å². The molecule has 6 heteroatoms. The van der Waals surface area contributed by atoms with E-state index in [1.807, 2.05) is 24.3 Å². The molecule has 0 heterocycles. The summed E-state index contributed by atoms with van der Waals surface area (Å²) in [6, 6.07) is 15.4. The number of carbonyl (C=O) groups excluding carboxylic acids is 1. The van der Waals surface area contributed by atoms with E-state index in [2.05, 4.69) is 39.4 Å². The van der Waals surface area contributed by atoms with Crippen molar-refractivity contribution in [2.45, 2.75) is 19.9 Å². The molecular formula is C18H22N4O2. The SMILES string of the molecule is CCc1ccc(NC(N)=NCc2ccc(NC(=O)OC)cc2)cc1. The lowest BCUT2D eigenvalue weighted by Gasteiger charge is -2.07. The second kappa shape index (κ2) is 8.57. The van der Waals surface area contributed by atoms with Crippen LogP contribution in [0.3, 0.4) is 0 Å². The molecule has 0 aliphatic rings. The molecule has 2 aromatic rings. The molecule has 6 nitrogen and oxygen atoms in total. The van der Waals surface area contributed by atoms with Crippen molar-refractivity contribution >= 4 is 23.4 Å². The van der Waals surface area contributed by atoms with Gasteiger partial charge in [-0.05, 0) is 41.8 Å². The van der Waals surface area contributed by atoms with Crippen molar-refractivity contribution in [2.75, 3.05) is 17.7 Å². The van der Waals surface area contributed by atoms with Crippen LogP contribution in [0, 0.1) is 0 Å². The van der Waals surface area contributed by atoms with E-state index in [-0.39, 0.29) is 0 Å². The summed E-state index contributed by atoms with van der Waals surface area (Å²) >= 11 is 0. The Morgan fingerprint density at radius 1 is 1.00 bits per heavy atom. The summed E-state index contributed by atoms with van der Waals surface area (Å²) in [5.74, 6) is 0.357. The Morgan fingerprint density at radius 3 is 2.08 bits per heavy atom. The Labute approximate surface area is 141 Å². The van der Waals surface area contributed by atoms with Crippen molar-refractivity contribution in [1.82, 2.24) is 0 Å². The van der Waals surface area contributed by atoms with Gasteiger partial charge in [-0.15, -0.1) is 0 Å². The Balaban J connectivity index is 1.90. The number of aliphatic imine (C=N–C) groups is 1. The zero-order valence-corrected chi connectivity index (χ0v) is 13.9. The summed E-state index contributed by atoms with van der Waals surface area (Å²) in [4.78, 5) is 15.4. The van der Waals surface area contributed by atoms with E-state index in [0.717, 1.165) is 17.7 Å². The van der Waals surface area contributed by atoms with E-state index in [1.54, 1.807) is 12.1 Å². The maximum Gasteiger partial charge on any atom is 0.411 e. The minimum absolute atomic E-state index is 0.357. The summed E-state index contributed by atoms with van der Waals surface area (Å²) in [5.41, 5.74) is 9.73. The van der Waals surface area contributed by atoms with Crippen LogP contribution in [0.15, 0.2) is 53.5 Å². The smallest absolute Gasteiger partial charge is 0.411 e. The summed E-state index contributed by atoms with van der Waals surface area (Å²) in [6.07, 6.45) is 0.508. The van der Waals surface area contributed by atoms with Gasteiger partial charge in [0.05, 0.1) is 13.7 Å². The number of nitrogens with two attached hydrogens (primary N) is 1. The Kier molecular flexibility index (Phi) is 6.19. The van der Waals surface area contributed by atoms with Gasteiger partial charge in [0.2, 0.25) is 0 Å². The summed E-state index contributed by atoms with van der Waals surface area (Å²) in [5, 5.41) is 5.65. The van der Waals surface area contributed by atoms with Crippen LogP contribution in [0.1, 0.15) is 18.1 Å². The van der Waals surface area contributed by atoms with Crippen molar-refractivity contribution in [3.8, 4) is 0 Å². The fourth-order valence-corrected chi connectivity index (χ4v) is 2.05. The molecule has 24 heavy (non-hydrogen) atoms. The van der Waals surface area contributed by atoms with Crippen molar-refractivity contribution in [3.63, 3.8) is 0 Å². The number of methoxy groups -OCH3 is 1. The average molecular weight is 326 g/mol. The van der Waals surface area contributed by atoms with Crippen LogP contribution in [0.2, 0.25) is 0 Å². The van der Waals surface area contributed by atoms with Crippen LogP contribution >= 0.6 is 0 Å². The van der Waals surface area contributed by atoms with E-state index >= 15 is 0 Å². The normalized spacial score (nSPS) is 11.0. The van der Waals surface area contributed by atoms with E-state index in [4.69, 9.17) is 5.73 Å². The first-order chi connectivity index (χ1) is 11.6. The number of ether oxygens (including phenoxy) is 1. The highest BCUT2D eigenvalue weighted by Crippen LogP contribution is 2.12. The molecule has 0 bridgehead atoms. The highest BCUT2D eigenvalue weighted by Gasteiger charge is 2.00. The molecule has 2 aromatic carbocycles. The zero-order chi connectivity index (χ0) is 17.4. The molecule has 0 radical (unpaired) electrons. The first kappa shape index (κ1) is 17.3. The van der Waals surface area contributed by atoms with E-state index in [0.29, 0.717) is 18.2 Å². The summed E-state index contributed by atoms with van der Waals surface area (Å²) in [7, 11) is 1.32. The lowest BCUT2D eigenvalue weighted by molar-refractivity contribution is 0.187. The fourth-order valence-electron chi connectivity index (χ4n) is 2.05. The van der Waals surface area contributed by atoms with E-state index < -0.39 is 6.09 Å². The lowest BCUT2D eigenvalue weighted by atomic mass is 10.1. The predicted molar refractivity (Wildman–Crippen MR) is 97.2 cm³/mol. The van der Waals surface area contributed by atoms with Crippen LogP contribution in [0.5, 0.6) is 0 Å². The zero-order valence-electron chi connectivity index (χ0n) is 13.9. The number of nitrogens with one attached hydrogen (secondary N) is 2. The minimum Gasteiger partial charge on any atom is -0.453 e. The van der Waals surface area contributed by atoms with Crippen LogP contribution in [0.25, 0.3) is 0 Å². The number of nitrogens with zero attached hydrogens (tertiary/aromatic N) is 1. The maximum absolute atomic E-state index is 11.1. The third-order valence-corrected chi connectivity index (χ3v) is 3.45. The molecule has 0 saturated carbocycles. The molecule has 0 spiro atoms. The van der Waals surface area contributed by atoms with Crippen LogP contribution < -0.4 is 16.4 Å². The van der Waals surface area contributed by atoms with Gasteiger partial charge in [0.25, 0.3) is 0 Å². The van der Waals surface area contributed by atoms with Gasteiger partial charge in [0, 0.05) is 11.4 Å². The third-order valence-electron chi connectivity index (χ3n) is 3.45. The van der Waals surface area contributed by atoms with Gasteiger partial charge < -0.3 is 15.8 Å². The Bertz CT molecular complexity index is 694. The van der Waals surface area contributed by atoms with Gasteiger partial charge in [-0.25, -0.2) is 9.79 Å². The highest BCUT2D eigenvalue weighted by molar-refractivity contribution is 5.92. The molecule has 126 valence electrons. The number of benzene rings is 2. The van der Waals surface area contributed by atoms with Crippen LogP contribution in [-0.4, -0.2) is 19.2 Å².